The number of hydrogen-bond donors (Lipinski definition) is 0. The van der Waals surface area contributed by atoms with Crippen LogP contribution in [0.15, 0.2) is 42.5 Å². The summed E-state index contributed by atoms with van der Waals surface area (Å²) in [6.45, 7) is 0. The van der Waals surface area contributed by atoms with E-state index >= 15 is 0 Å². The summed E-state index contributed by atoms with van der Waals surface area (Å²) in [5.74, 6) is 0. The van der Waals surface area contributed by atoms with Crippen molar-refractivity contribution >= 4 is 11.6 Å². The zero-order chi connectivity index (χ0) is 14.0. The predicted molar refractivity (Wildman–Crippen MR) is 66.6 cm³/mol. The summed E-state index contributed by atoms with van der Waals surface area (Å²) in [4.78, 5) is 0. The van der Waals surface area contributed by atoms with Crippen molar-refractivity contribution in [3.63, 3.8) is 0 Å². The summed E-state index contributed by atoms with van der Waals surface area (Å²) in [5.41, 5.74) is -0.171. The third kappa shape index (κ3) is 2.88. The topological polar surface area (TPSA) is 23.8 Å². The summed E-state index contributed by atoms with van der Waals surface area (Å²) < 4.78 is 38.3. The van der Waals surface area contributed by atoms with Crippen molar-refractivity contribution in [1.82, 2.24) is 0 Å². The highest BCUT2D eigenvalue weighted by Crippen LogP contribution is 2.35. The summed E-state index contributed by atoms with van der Waals surface area (Å²) in [7, 11) is 0. The van der Waals surface area contributed by atoms with Crippen LogP contribution >= 0.6 is 11.6 Å². The van der Waals surface area contributed by atoms with Crippen LogP contribution in [-0.4, -0.2) is 0 Å². The molecule has 0 spiro atoms. The van der Waals surface area contributed by atoms with Gasteiger partial charge in [0.05, 0.1) is 17.2 Å². The Morgan fingerprint density at radius 3 is 2.32 bits per heavy atom. The number of nitriles is 1. The van der Waals surface area contributed by atoms with E-state index in [4.69, 9.17) is 16.9 Å². The third-order valence-corrected chi connectivity index (χ3v) is 2.90. The van der Waals surface area contributed by atoms with E-state index in [1.165, 1.54) is 6.07 Å². The Balaban J connectivity index is 2.66. The van der Waals surface area contributed by atoms with Gasteiger partial charge in [-0.2, -0.15) is 18.4 Å². The van der Waals surface area contributed by atoms with Crippen LogP contribution < -0.4 is 0 Å². The van der Waals surface area contributed by atoms with Crippen LogP contribution in [0.25, 0.3) is 11.1 Å². The van der Waals surface area contributed by atoms with Crippen molar-refractivity contribution in [2.24, 2.45) is 0 Å². The zero-order valence-corrected chi connectivity index (χ0v) is 10.3. The molecule has 0 heterocycles. The lowest BCUT2D eigenvalue weighted by molar-refractivity contribution is -0.137. The highest BCUT2D eigenvalue weighted by atomic mass is 35.5. The van der Waals surface area contributed by atoms with Crippen LogP contribution in [0.5, 0.6) is 0 Å². The van der Waals surface area contributed by atoms with Crippen LogP contribution in [0.2, 0.25) is 5.02 Å². The second-order valence-electron chi connectivity index (χ2n) is 3.89. The third-order valence-electron chi connectivity index (χ3n) is 2.57. The molecule has 0 fully saturated rings. The number of rotatable bonds is 1. The van der Waals surface area contributed by atoms with Gasteiger partial charge in [-0.1, -0.05) is 29.8 Å². The predicted octanol–water partition coefficient (Wildman–Crippen LogP) is 4.90. The van der Waals surface area contributed by atoms with E-state index in [2.05, 4.69) is 0 Å². The molecule has 2 aromatic rings. The van der Waals surface area contributed by atoms with Gasteiger partial charge in [-0.3, -0.25) is 0 Å². The Bertz CT molecular complexity index is 656. The van der Waals surface area contributed by atoms with E-state index in [1.54, 1.807) is 30.3 Å². The maximum atomic E-state index is 12.8. The molecule has 0 aliphatic carbocycles. The first-order valence-electron chi connectivity index (χ1n) is 5.29. The fourth-order valence-corrected chi connectivity index (χ4v) is 1.95. The Morgan fingerprint density at radius 2 is 1.74 bits per heavy atom. The second kappa shape index (κ2) is 4.94. The molecule has 0 N–H and O–H groups in total. The van der Waals surface area contributed by atoms with Gasteiger partial charge in [-0.15, -0.1) is 0 Å². The van der Waals surface area contributed by atoms with Gasteiger partial charge in [-0.25, -0.2) is 0 Å². The maximum absolute atomic E-state index is 12.8. The van der Waals surface area contributed by atoms with Gasteiger partial charge in [0.1, 0.15) is 0 Å². The van der Waals surface area contributed by atoms with Crippen molar-refractivity contribution in [3.05, 3.63) is 58.6 Å². The minimum absolute atomic E-state index is 0.0512. The minimum Gasteiger partial charge on any atom is -0.192 e. The lowest BCUT2D eigenvalue weighted by Gasteiger charge is -2.11. The smallest absolute Gasteiger partial charge is 0.192 e. The van der Waals surface area contributed by atoms with Crippen LogP contribution in [0.4, 0.5) is 13.2 Å². The Kier molecular flexibility index (Phi) is 3.50. The molecule has 96 valence electrons. The maximum Gasteiger partial charge on any atom is 0.416 e. The molecule has 0 bridgehead atoms. The molecule has 0 aromatic heterocycles. The number of benzene rings is 2. The van der Waals surface area contributed by atoms with Crippen LogP contribution in [-0.2, 0) is 6.18 Å². The highest BCUT2D eigenvalue weighted by molar-refractivity contribution is 6.33. The van der Waals surface area contributed by atoms with Crippen molar-refractivity contribution in [1.29, 1.82) is 5.26 Å². The van der Waals surface area contributed by atoms with Crippen LogP contribution in [0.3, 0.4) is 0 Å². The lowest BCUT2D eigenvalue weighted by atomic mass is 10.00. The van der Waals surface area contributed by atoms with Crippen molar-refractivity contribution in [3.8, 4) is 17.2 Å². The Morgan fingerprint density at radius 1 is 1.05 bits per heavy atom. The molecule has 0 aliphatic heterocycles. The molecule has 0 aliphatic rings. The van der Waals surface area contributed by atoms with Crippen molar-refractivity contribution < 1.29 is 13.2 Å². The Hall–Kier alpha value is -1.99. The standard InChI is InChI=1S/C14H7ClF3N/c15-13-4-2-1-3-12(13)10-5-9(8-19)6-11(7-10)14(16,17)18/h1-7H. The van der Waals surface area contributed by atoms with Gasteiger partial charge in [0.25, 0.3) is 0 Å². The zero-order valence-electron chi connectivity index (χ0n) is 9.50. The van der Waals surface area contributed by atoms with Gasteiger partial charge in [-0.05, 0) is 29.8 Å². The van der Waals surface area contributed by atoms with Crippen LogP contribution in [0, 0.1) is 11.3 Å². The van der Waals surface area contributed by atoms with Gasteiger partial charge in [0.15, 0.2) is 0 Å². The molecular formula is C14H7ClF3N. The normalized spacial score (nSPS) is 11.1. The van der Waals surface area contributed by atoms with Gasteiger partial charge < -0.3 is 0 Å². The van der Waals surface area contributed by atoms with Crippen LogP contribution in [0.1, 0.15) is 11.1 Å². The van der Waals surface area contributed by atoms with Crippen molar-refractivity contribution in [2.75, 3.05) is 0 Å². The molecule has 0 radical (unpaired) electrons. The van der Waals surface area contributed by atoms with E-state index < -0.39 is 11.7 Å². The fraction of sp³-hybridized carbons (Fsp3) is 0.0714. The first-order chi connectivity index (χ1) is 8.91. The largest absolute Gasteiger partial charge is 0.416 e. The highest BCUT2D eigenvalue weighted by Gasteiger charge is 2.31. The number of alkyl halides is 3. The average Bonchev–Trinajstić information content (AvgIpc) is 2.37. The minimum atomic E-state index is -4.50. The summed E-state index contributed by atoms with van der Waals surface area (Å²) in [6.07, 6.45) is -4.50. The first-order valence-corrected chi connectivity index (χ1v) is 5.67. The molecule has 19 heavy (non-hydrogen) atoms. The molecule has 0 amide bonds. The molecule has 1 nitrogen and oxygen atoms in total. The molecule has 2 aromatic carbocycles. The van der Waals surface area contributed by atoms with E-state index in [0.717, 1.165) is 12.1 Å². The van der Waals surface area contributed by atoms with Gasteiger partial charge in [0, 0.05) is 10.6 Å². The van der Waals surface area contributed by atoms with Gasteiger partial charge in [0.2, 0.25) is 0 Å². The monoisotopic (exact) mass is 281 g/mol. The molecule has 0 saturated heterocycles. The molecule has 5 heteroatoms. The molecular weight excluding hydrogens is 275 g/mol. The lowest BCUT2D eigenvalue weighted by Crippen LogP contribution is -2.05. The van der Waals surface area contributed by atoms with Crippen molar-refractivity contribution in [2.45, 2.75) is 6.18 Å². The first kappa shape index (κ1) is 13.4. The second-order valence-corrected chi connectivity index (χ2v) is 4.30. The SMILES string of the molecule is N#Cc1cc(-c2ccccc2Cl)cc(C(F)(F)F)c1. The number of halogens is 4. The van der Waals surface area contributed by atoms with E-state index in [1.807, 2.05) is 0 Å². The summed E-state index contributed by atoms with van der Waals surface area (Å²) in [5, 5.41) is 9.16. The molecule has 0 unspecified atom stereocenters. The summed E-state index contributed by atoms with van der Waals surface area (Å²) in [6, 6.07) is 11.5. The molecule has 0 atom stereocenters. The van der Waals surface area contributed by atoms with E-state index in [9.17, 15) is 13.2 Å². The molecule has 2 rings (SSSR count). The van der Waals surface area contributed by atoms with Gasteiger partial charge >= 0.3 is 6.18 Å². The number of nitrogens with zero attached hydrogens (tertiary/aromatic N) is 1. The Labute approximate surface area is 112 Å². The number of hydrogen-bond acceptors (Lipinski definition) is 1. The van der Waals surface area contributed by atoms with E-state index in [-0.39, 0.29) is 11.1 Å². The van der Waals surface area contributed by atoms with E-state index in [0.29, 0.717) is 10.6 Å². The molecule has 0 saturated carbocycles. The average molecular weight is 282 g/mol. The summed E-state index contributed by atoms with van der Waals surface area (Å²) >= 11 is 5.96. The quantitative estimate of drug-likeness (QED) is 0.729. The fourth-order valence-electron chi connectivity index (χ4n) is 1.71.